The Balaban J connectivity index is 1.73. The molecule has 2 aromatic heterocycles. The van der Waals surface area contributed by atoms with E-state index in [0.717, 1.165) is 24.0 Å². The van der Waals surface area contributed by atoms with Crippen molar-refractivity contribution in [2.24, 2.45) is 0 Å². The zero-order valence-corrected chi connectivity index (χ0v) is 25.0. The van der Waals surface area contributed by atoms with Crippen LogP contribution in [-0.4, -0.2) is 38.5 Å². The number of amides is 1. The van der Waals surface area contributed by atoms with E-state index in [1.165, 1.54) is 41.1 Å². The number of hydrogen-bond acceptors (Lipinski definition) is 6. The van der Waals surface area contributed by atoms with Gasteiger partial charge in [-0.15, -0.1) is 0 Å². The lowest BCUT2D eigenvalue weighted by Crippen LogP contribution is -2.33. The maximum atomic E-state index is 14.9. The Morgan fingerprint density at radius 2 is 1.73 bits per heavy atom. The number of pyridine rings is 1. The summed E-state index contributed by atoms with van der Waals surface area (Å²) in [5.41, 5.74) is 0.559. The standard InChI is InChI=1S/C30H26F2N4O6S2/c1-3-18-9-12-26-24(14-18)27(23-8-5-13-33-29(23)37)28(36(26)17-19-10-11-20(31)15-25(19)32)30(38)35-44(41,42)22-7-4-6-21(16-22)34-43(2,39)40/h4-16,34H,3,17H2,1-2H3,(H,33,37)(H,35,38). The van der Waals surface area contributed by atoms with Gasteiger partial charge in [-0.25, -0.2) is 30.3 Å². The van der Waals surface area contributed by atoms with E-state index in [-0.39, 0.29) is 34.6 Å². The summed E-state index contributed by atoms with van der Waals surface area (Å²) in [5.74, 6) is -2.82. The predicted molar refractivity (Wildman–Crippen MR) is 162 cm³/mol. The van der Waals surface area contributed by atoms with Crippen LogP contribution in [0.4, 0.5) is 14.5 Å². The third-order valence-electron chi connectivity index (χ3n) is 6.86. The Bertz CT molecular complexity index is 2210. The van der Waals surface area contributed by atoms with Crippen LogP contribution in [-0.2, 0) is 33.0 Å². The number of nitrogens with zero attached hydrogens (tertiary/aromatic N) is 1. The van der Waals surface area contributed by atoms with Crippen molar-refractivity contribution in [2.45, 2.75) is 24.8 Å². The number of aromatic amines is 1. The van der Waals surface area contributed by atoms with Crippen LogP contribution in [0.1, 0.15) is 28.5 Å². The molecule has 0 saturated heterocycles. The van der Waals surface area contributed by atoms with Gasteiger partial charge in [0.15, 0.2) is 0 Å². The summed E-state index contributed by atoms with van der Waals surface area (Å²) in [7, 11) is -8.34. The van der Waals surface area contributed by atoms with E-state index in [4.69, 9.17) is 0 Å². The highest BCUT2D eigenvalue weighted by Gasteiger charge is 2.29. The molecule has 0 saturated carbocycles. The van der Waals surface area contributed by atoms with Crippen LogP contribution in [0.3, 0.4) is 0 Å². The molecular weight excluding hydrogens is 614 g/mol. The average Bonchev–Trinajstić information content (AvgIpc) is 3.27. The molecular formula is C30H26F2N4O6S2. The number of benzene rings is 3. The summed E-state index contributed by atoms with van der Waals surface area (Å²) in [6.07, 6.45) is 2.90. The fourth-order valence-corrected chi connectivity index (χ4v) is 6.46. The Morgan fingerprint density at radius 3 is 2.41 bits per heavy atom. The van der Waals surface area contributed by atoms with Gasteiger partial charge in [0.05, 0.1) is 17.7 Å². The van der Waals surface area contributed by atoms with Crippen LogP contribution >= 0.6 is 0 Å². The number of carbonyl (C=O) groups is 1. The lowest BCUT2D eigenvalue weighted by atomic mass is 10.0. The topological polar surface area (TPSA) is 147 Å². The molecule has 3 aromatic carbocycles. The largest absolute Gasteiger partial charge is 0.331 e. The molecule has 5 rings (SSSR count). The number of carbonyl (C=O) groups excluding carboxylic acids is 1. The molecule has 0 aliphatic rings. The van der Waals surface area contributed by atoms with Gasteiger partial charge >= 0.3 is 0 Å². The van der Waals surface area contributed by atoms with Crippen molar-refractivity contribution in [1.82, 2.24) is 14.3 Å². The molecule has 44 heavy (non-hydrogen) atoms. The molecule has 14 heteroatoms. The SMILES string of the molecule is CCc1ccc2c(c1)c(-c1ccc[nH]c1=O)c(C(=O)NS(=O)(=O)c1cccc(NS(C)(=O)=O)c1)n2Cc1ccc(F)cc1F. The molecule has 2 heterocycles. The molecule has 0 aliphatic heterocycles. The Labute approximate surface area is 251 Å². The molecule has 228 valence electrons. The first kappa shape index (κ1) is 30.6. The molecule has 0 radical (unpaired) electrons. The highest BCUT2D eigenvalue weighted by molar-refractivity contribution is 7.92. The first-order valence-electron chi connectivity index (χ1n) is 13.2. The minimum absolute atomic E-state index is 0.00727. The van der Waals surface area contributed by atoms with Gasteiger partial charge in [0.25, 0.3) is 21.5 Å². The van der Waals surface area contributed by atoms with Gasteiger partial charge in [-0.3, -0.25) is 14.3 Å². The molecule has 10 nitrogen and oxygen atoms in total. The van der Waals surface area contributed by atoms with E-state index in [1.54, 1.807) is 24.3 Å². The van der Waals surface area contributed by atoms with Crippen molar-refractivity contribution in [3.8, 4) is 11.1 Å². The third-order valence-corrected chi connectivity index (χ3v) is 8.79. The van der Waals surface area contributed by atoms with Crippen LogP contribution in [0, 0.1) is 11.6 Å². The van der Waals surface area contributed by atoms with E-state index in [2.05, 4.69) is 9.71 Å². The number of fused-ring (bicyclic) bond motifs is 1. The van der Waals surface area contributed by atoms with Crippen molar-refractivity contribution in [3.05, 3.63) is 118 Å². The summed E-state index contributed by atoms with van der Waals surface area (Å²) in [6, 6.07) is 16.1. The fourth-order valence-electron chi connectivity index (χ4n) is 4.90. The van der Waals surface area contributed by atoms with Gasteiger partial charge in [-0.05, 0) is 60.5 Å². The number of H-pyrrole nitrogens is 1. The average molecular weight is 641 g/mol. The third kappa shape index (κ3) is 6.26. The quantitative estimate of drug-likeness (QED) is 0.218. The van der Waals surface area contributed by atoms with Crippen molar-refractivity contribution in [2.75, 3.05) is 11.0 Å². The maximum Gasteiger partial charge on any atom is 0.282 e. The molecule has 0 atom stereocenters. The molecule has 0 aliphatic carbocycles. The van der Waals surface area contributed by atoms with E-state index in [9.17, 15) is 35.2 Å². The molecule has 0 fully saturated rings. The first-order chi connectivity index (χ1) is 20.8. The van der Waals surface area contributed by atoms with Gasteiger partial charge < -0.3 is 9.55 Å². The molecule has 0 bridgehead atoms. The highest BCUT2D eigenvalue weighted by Crippen LogP contribution is 2.35. The monoisotopic (exact) mass is 640 g/mol. The van der Waals surface area contributed by atoms with Crippen LogP contribution in [0.5, 0.6) is 0 Å². The number of hydrogen-bond donors (Lipinski definition) is 3. The molecule has 3 N–H and O–H groups in total. The van der Waals surface area contributed by atoms with Gasteiger partial charge in [0.1, 0.15) is 17.3 Å². The number of halogens is 2. The first-order valence-corrected chi connectivity index (χ1v) is 16.6. The lowest BCUT2D eigenvalue weighted by Gasteiger charge is -2.14. The second kappa shape index (κ2) is 11.7. The number of aromatic nitrogens is 2. The van der Waals surface area contributed by atoms with Crippen LogP contribution in [0.2, 0.25) is 0 Å². The minimum atomic E-state index is -4.61. The van der Waals surface area contributed by atoms with Gasteiger partial charge in [0.2, 0.25) is 10.0 Å². The summed E-state index contributed by atoms with van der Waals surface area (Å²) in [6.45, 7) is 1.60. The Morgan fingerprint density at radius 1 is 0.955 bits per heavy atom. The lowest BCUT2D eigenvalue weighted by molar-refractivity contribution is 0.0974. The molecule has 1 amide bonds. The van der Waals surface area contributed by atoms with Gasteiger partial charge in [-0.1, -0.05) is 25.1 Å². The number of sulfonamides is 2. The summed E-state index contributed by atoms with van der Waals surface area (Å²) in [5, 5.41) is 0.436. The van der Waals surface area contributed by atoms with E-state index in [0.29, 0.717) is 23.4 Å². The second-order valence-corrected chi connectivity index (χ2v) is 13.4. The van der Waals surface area contributed by atoms with Crippen LogP contribution in [0.15, 0.2) is 88.7 Å². The van der Waals surface area contributed by atoms with E-state index >= 15 is 0 Å². The van der Waals surface area contributed by atoms with E-state index in [1.807, 2.05) is 11.6 Å². The highest BCUT2D eigenvalue weighted by atomic mass is 32.2. The summed E-state index contributed by atoms with van der Waals surface area (Å²) in [4.78, 5) is 29.2. The summed E-state index contributed by atoms with van der Waals surface area (Å²) >= 11 is 0. The van der Waals surface area contributed by atoms with Crippen LogP contribution in [0.25, 0.3) is 22.0 Å². The number of rotatable bonds is 9. The molecule has 5 aromatic rings. The smallest absolute Gasteiger partial charge is 0.282 e. The number of aryl methyl sites for hydroxylation is 1. The van der Waals surface area contributed by atoms with Gasteiger partial charge in [-0.2, -0.15) is 0 Å². The predicted octanol–water partition coefficient (Wildman–Crippen LogP) is 4.38. The summed E-state index contributed by atoms with van der Waals surface area (Å²) < 4.78 is 84.4. The minimum Gasteiger partial charge on any atom is -0.331 e. The normalized spacial score (nSPS) is 11.9. The van der Waals surface area contributed by atoms with Crippen LogP contribution < -0.4 is 15.0 Å². The number of anilines is 1. The molecule has 0 spiro atoms. The zero-order chi connectivity index (χ0) is 31.8. The second-order valence-electron chi connectivity index (χ2n) is 10.0. The maximum absolute atomic E-state index is 14.9. The van der Waals surface area contributed by atoms with Crippen molar-refractivity contribution < 1.29 is 30.4 Å². The number of nitrogens with one attached hydrogen (secondary N) is 3. The fraction of sp³-hybridized carbons (Fsp3) is 0.133. The van der Waals surface area contributed by atoms with E-state index < -0.39 is 48.0 Å². The zero-order valence-electron chi connectivity index (χ0n) is 23.4. The Kier molecular flexibility index (Phi) is 8.14. The van der Waals surface area contributed by atoms with Crippen molar-refractivity contribution in [1.29, 1.82) is 0 Å². The Hall–Kier alpha value is -4.82. The van der Waals surface area contributed by atoms with Crippen molar-refractivity contribution in [3.63, 3.8) is 0 Å². The molecule has 0 unspecified atom stereocenters. The van der Waals surface area contributed by atoms with Crippen molar-refractivity contribution >= 4 is 42.5 Å². The van der Waals surface area contributed by atoms with Gasteiger partial charge in [0, 0.05) is 45.5 Å².